The Bertz CT molecular complexity index is 175. The molecule has 2 nitrogen and oxygen atoms in total. The molecule has 1 N–H and O–H groups in total. The van der Waals surface area contributed by atoms with Gasteiger partial charge in [-0.05, 0) is 45.3 Å². The average Bonchev–Trinajstić information content (AvgIpc) is 2.71. The van der Waals surface area contributed by atoms with E-state index in [4.69, 9.17) is 0 Å². The van der Waals surface area contributed by atoms with E-state index in [0.29, 0.717) is 0 Å². The van der Waals surface area contributed by atoms with Crippen LogP contribution in [0.25, 0.3) is 0 Å². The maximum atomic E-state index is 3.74. The molecule has 88 valence electrons. The van der Waals surface area contributed by atoms with Crippen molar-refractivity contribution in [3.8, 4) is 0 Å². The van der Waals surface area contributed by atoms with Gasteiger partial charge in [0.05, 0.1) is 0 Å². The largest absolute Gasteiger partial charge is 0.313 e. The van der Waals surface area contributed by atoms with E-state index in [1.165, 1.54) is 64.6 Å². The zero-order valence-electron chi connectivity index (χ0n) is 10.2. The van der Waals surface area contributed by atoms with Gasteiger partial charge in [-0.3, -0.25) is 0 Å². The van der Waals surface area contributed by atoms with Gasteiger partial charge in [0.1, 0.15) is 0 Å². The van der Waals surface area contributed by atoms with Crippen LogP contribution in [0.15, 0.2) is 0 Å². The van der Waals surface area contributed by atoms with E-state index in [2.05, 4.69) is 17.3 Å². The van der Waals surface area contributed by atoms with E-state index >= 15 is 0 Å². The normalized spacial score (nSPS) is 29.8. The highest BCUT2D eigenvalue weighted by Crippen LogP contribution is 2.27. The lowest BCUT2D eigenvalue weighted by Gasteiger charge is -2.30. The van der Waals surface area contributed by atoms with Gasteiger partial charge < -0.3 is 10.2 Å². The summed E-state index contributed by atoms with van der Waals surface area (Å²) in [6.07, 6.45) is 10.1. The van der Waals surface area contributed by atoms with Crippen molar-refractivity contribution in [2.75, 3.05) is 26.7 Å². The highest BCUT2D eigenvalue weighted by molar-refractivity contribution is 4.77. The lowest BCUT2D eigenvalue weighted by Crippen LogP contribution is -2.44. The molecule has 0 bridgehead atoms. The van der Waals surface area contributed by atoms with Crippen molar-refractivity contribution in [1.29, 1.82) is 0 Å². The van der Waals surface area contributed by atoms with Gasteiger partial charge in [0.2, 0.25) is 0 Å². The quantitative estimate of drug-likeness (QED) is 0.765. The van der Waals surface area contributed by atoms with Gasteiger partial charge >= 0.3 is 0 Å². The second-order valence-electron chi connectivity index (χ2n) is 5.49. The van der Waals surface area contributed by atoms with Crippen LogP contribution in [0.3, 0.4) is 0 Å². The predicted molar refractivity (Wildman–Crippen MR) is 65.1 cm³/mol. The molecular weight excluding hydrogens is 184 g/mol. The van der Waals surface area contributed by atoms with E-state index < -0.39 is 0 Å². The monoisotopic (exact) mass is 210 g/mol. The van der Waals surface area contributed by atoms with Gasteiger partial charge in [-0.25, -0.2) is 0 Å². The number of piperidine rings is 1. The molecule has 1 saturated heterocycles. The molecule has 1 unspecified atom stereocenters. The van der Waals surface area contributed by atoms with E-state index in [0.717, 1.165) is 12.0 Å². The molecule has 0 aromatic carbocycles. The third-order valence-corrected chi connectivity index (χ3v) is 4.08. The molecule has 1 saturated carbocycles. The zero-order chi connectivity index (χ0) is 10.5. The third-order valence-electron chi connectivity index (χ3n) is 4.08. The van der Waals surface area contributed by atoms with Gasteiger partial charge in [-0.1, -0.05) is 25.7 Å². The number of hydrogen-bond donors (Lipinski definition) is 1. The van der Waals surface area contributed by atoms with Gasteiger partial charge in [-0.2, -0.15) is 0 Å². The van der Waals surface area contributed by atoms with Gasteiger partial charge in [-0.15, -0.1) is 0 Å². The predicted octanol–water partition coefficient (Wildman–Crippen LogP) is 2.25. The minimum absolute atomic E-state index is 0.769. The number of likely N-dealkylation sites (N-methyl/N-ethyl adjacent to an activating group) is 1. The second-order valence-corrected chi connectivity index (χ2v) is 5.49. The Labute approximate surface area is 94.4 Å². The first-order chi connectivity index (χ1) is 7.34. The summed E-state index contributed by atoms with van der Waals surface area (Å²) in [6, 6.07) is 0.769. The number of likely N-dealkylation sites (tertiary alicyclic amines) is 1. The lowest BCUT2D eigenvalue weighted by atomic mass is 10.0. The fourth-order valence-electron chi connectivity index (χ4n) is 3.12. The average molecular weight is 210 g/mol. The summed E-state index contributed by atoms with van der Waals surface area (Å²) < 4.78 is 0. The van der Waals surface area contributed by atoms with Crippen LogP contribution < -0.4 is 5.32 Å². The summed E-state index contributed by atoms with van der Waals surface area (Å²) in [5, 5.41) is 3.74. The van der Waals surface area contributed by atoms with E-state index in [-0.39, 0.29) is 0 Å². The molecule has 0 aromatic rings. The summed E-state index contributed by atoms with van der Waals surface area (Å²) in [5.41, 5.74) is 0. The molecule has 2 aliphatic rings. The molecule has 0 aromatic heterocycles. The van der Waals surface area contributed by atoms with Crippen molar-refractivity contribution in [2.24, 2.45) is 5.92 Å². The molecule has 1 atom stereocenters. The molecule has 0 radical (unpaired) electrons. The summed E-state index contributed by atoms with van der Waals surface area (Å²) >= 11 is 0. The highest BCUT2D eigenvalue weighted by Gasteiger charge is 2.18. The van der Waals surface area contributed by atoms with Crippen molar-refractivity contribution in [1.82, 2.24) is 10.2 Å². The Kier molecular flexibility index (Phi) is 4.45. The fraction of sp³-hybridized carbons (Fsp3) is 1.00. The molecule has 2 heteroatoms. The van der Waals surface area contributed by atoms with Crippen molar-refractivity contribution >= 4 is 0 Å². The Balaban J connectivity index is 1.56. The third kappa shape index (κ3) is 3.76. The fourth-order valence-corrected chi connectivity index (χ4v) is 3.12. The SMILES string of the molecule is CN1CCCC(NCCC2CCCC2)C1. The molecule has 2 rings (SSSR count). The van der Waals surface area contributed by atoms with Crippen LogP contribution in [0.4, 0.5) is 0 Å². The first-order valence-corrected chi connectivity index (χ1v) is 6.76. The molecule has 1 heterocycles. The standard InChI is InChI=1S/C13H26N2/c1-15-10-4-7-13(11-15)14-9-8-12-5-2-3-6-12/h12-14H,2-11H2,1H3. The van der Waals surface area contributed by atoms with Crippen LogP contribution in [-0.4, -0.2) is 37.6 Å². The minimum Gasteiger partial charge on any atom is -0.313 e. The number of nitrogens with zero attached hydrogens (tertiary/aromatic N) is 1. The molecule has 0 amide bonds. The summed E-state index contributed by atoms with van der Waals surface area (Å²) in [4.78, 5) is 2.46. The Hall–Kier alpha value is -0.0800. The van der Waals surface area contributed by atoms with Crippen LogP contribution in [0.2, 0.25) is 0 Å². The Morgan fingerprint density at radius 3 is 2.67 bits per heavy atom. The maximum absolute atomic E-state index is 3.74. The highest BCUT2D eigenvalue weighted by atomic mass is 15.1. The number of rotatable bonds is 4. The summed E-state index contributed by atoms with van der Waals surface area (Å²) in [7, 11) is 2.24. The van der Waals surface area contributed by atoms with Crippen LogP contribution in [0.1, 0.15) is 44.9 Å². The maximum Gasteiger partial charge on any atom is 0.0195 e. The van der Waals surface area contributed by atoms with E-state index in [1.807, 2.05) is 0 Å². The Morgan fingerprint density at radius 2 is 1.93 bits per heavy atom. The van der Waals surface area contributed by atoms with Gasteiger partial charge in [0.15, 0.2) is 0 Å². The molecule has 1 aliphatic heterocycles. The summed E-state index contributed by atoms with van der Waals surface area (Å²) in [5.74, 6) is 1.04. The van der Waals surface area contributed by atoms with Gasteiger partial charge in [0.25, 0.3) is 0 Å². The minimum atomic E-state index is 0.769. The van der Waals surface area contributed by atoms with Crippen LogP contribution in [0.5, 0.6) is 0 Å². The molecule has 0 spiro atoms. The van der Waals surface area contributed by atoms with E-state index in [9.17, 15) is 0 Å². The first kappa shape index (κ1) is 11.4. The topological polar surface area (TPSA) is 15.3 Å². The molecule has 15 heavy (non-hydrogen) atoms. The number of hydrogen-bond acceptors (Lipinski definition) is 2. The van der Waals surface area contributed by atoms with Crippen LogP contribution >= 0.6 is 0 Å². The first-order valence-electron chi connectivity index (χ1n) is 6.76. The zero-order valence-corrected chi connectivity index (χ0v) is 10.2. The van der Waals surface area contributed by atoms with Crippen molar-refractivity contribution < 1.29 is 0 Å². The molecule has 1 aliphatic carbocycles. The van der Waals surface area contributed by atoms with Crippen LogP contribution in [0, 0.1) is 5.92 Å². The Morgan fingerprint density at radius 1 is 1.13 bits per heavy atom. The van der Waals surface area contributed by atoms with Crippen molar-refractivity contribution in [3.05, 3.63) is 0 Å². The lowest BCUT2D eigenvalue weighted by molar-refractivity contribution is 0.225. The molecular formula is C13H26N2. The molecule has 2 fully saturated rings. The van der Waals surface area contributed by atoms with E-state index in [1.54, 1.807) is 0 Å². The van der Waals surface area contributed by atoms with Crippen molar-refractivity contribution in [2.45, 2.75) is 51.0 Å². The van der Waals surface area contributed by atoms with Gasteiger partial charge in [0, 0.05) is 12.6 Å². The smallest absolute Gasteiger partial charge is 0.0195 e. The summed E-state index contributed by atoms with van der Waals surface area (Å²) in [6.45, 7) is 3.80. The second kappa shape index (κ2) is 5.86. The van der Waals surface area contributed by atoms with Crippen molar-refractivity contribution in [3.63, 3.8) is 0 Å². The number of nitrogens with one attached hydrogen (secondary N) is 1. The van der Waals surface area contributed by atoms with Crippen LogP contribution in [-0.2, 0) is 0 Å².